The quantitative estimate of drug-likeness (QED) is 0.176. The molecule has 14 heteroatoms. The van der Waals surface area contributed by atoms with Crippen molar-refractivity contribution in [3.05, 3.63) is 47.5 Å². The molecule has 1 aliphatic carbocycles. The Bertz CT molecular complexity index is 933. The van der Waals surface area contributed by atoms with Crippen LogP contribution < -0.4 is 0 Å². The van der Waals surface area contributed by atoms with Gasteiger partial charge in [-0.05, 0) is 25.0 Å². The Hall–Kier alpha value is -0.320. The Morgan fingerprint density at radius 3 is 1.44 bits per heavy atom. The van der Waals surface area contributed by atoms with Crippen molar-refractivity contribution in [2.24, 2.45) is 11.8 Å². The number of benzene rings is 1. The molecule has 0 spiro atoms. The zero-order chi connectivity index (χ0) is 23.8. The van der Waals surface area contributed by atoms with Crippen LogP contribution in [0.3, 0.4) is 0 Å². The Balaban J connectivity index is 0.000000181. The van der Waals surface area contributed by atoms with E-state index in [4.69, 9.17) is 69.6 Å². The van der Waals surface area contributed by atoms with Crippen molar-refractivity contribution in [1.29, 1.82) is 0 Å². The van der Waals surface area contributed by atoms with E-state index in [-0.39, 0.29) is 23.7 Å². The largest absolute Gasteiger partial charge is 0.273 e. The predicted octanol–water partition coefficient (Wildman–Crippen LogP) is 6.17. The van der Waals surface area contributed by atoms with Crippen molar-refractivity contribution >= 4 is 117 Å². The van der Waals surface area contributed by atoms with Gasteiger partial charge in [0.15, 0.2) is 0 Å². The molecule has 32 heavy (non-hydrogen) atoms. The molecule has 1 aromatic carbocycles. The van der Waals surface area contributed by atoms with E-state index in [1.54, 1.807) is 24.3 Å². The molecule has 0 radical (unpaired) electrons. The third kappa shape index (κ3) is 6.02. The highest BCUT2D eigenvalue weighted by Gasteiger charge is 2.50. The van der Waals surface area contributed by atoms with Crippen LogP contribution in [0.15, 0.2) is 36.4 Å². The van der Waals surface area contributed by atoms with E-state index >= 15 is 0 Å². The number of halogens is 6. The molecule has 0 aromatic heterocycles. The molecule has 0 saturated carbocycles. The number of imide groups is 2. The van der Waals surface area contributed by atoms with Crippen molar-refractivity contribution in [3.63, 3.8) is 0 Å². The molecule has 2 atom stereocenters. The second kappa shape index (κ2) is 10.1. The summed E-state index contributed by atoms with van der Waals surface area (Å²) < 4.78 is -1.58. The van der Waals surface area contributed by atoms with Gasteiger partial charge in [-0.1, -0.05) is 93.9 Å². The van der Waals surface area contributed by atoms with Crippen molar-refractivity contribution in [2.45, 2.75) is 19.1 Å². The van der Waals surface area contributed by atoms with Crippen LogP contribution in [0.2, 0.25) is 0 Å². The van der Waals surface area contributed by atoms with Gasteiger partial charge in [-0.3, -0.25) is 19.2 Å². The highest BCUT2D eigenvalue weighted by Crippen LogP contribution is 2.47. The van der Waals surface area contributed by atoms with Crippen molar-refractivity contribution in [1.82, 2.24) is 8.61 Å². The highest BCUT2D eigenvalue weighted by molar-refractivity contribution is 8.03. The number of fused-ring (bicyclic) bond motifs is 2. The van der Waals surface area contributed by atoms with Crippen LogP contribution >= 0.6 is 93.5 Å². The van der Waals surface area contributed by atoms with Gasteiger partial charge in [-0.15, -0.1) is 0 Å². The van der Waals surface area contributed by atoms with Gasteiger partial charge in [-0.25, -0.2) is 8.61 Å². The number of nitrogens with zero attached hydrogens (tertiary/aromatic N) is 2. The lowest BCUT2D eigenvalue weighted by Gasteiger charge is -2.17. The Kier molecular flexibility index (Phi) is 8.31. The Morgan fingerprint density at radius 1 is 0.688 bits per heavy atom. The molecule has 3 aliphatic rings. The number of carbonyl (C=O) groups excluding carboxylic acids is 4. The lowest BCUT2D eigenvalue weighted by atomic mass is 9.85. The maximum absolute atomic E-state index is 11.9. The summed E-state index contributed by atoms with van der Waals surface area (Å²) in [6.07, 6.45) is 5.00. The van der Waals surface area contributed by atoms with Crippen LogP contribution in [0.25, 0.3) is 0 Å². The summed E-state index contributed by atoms with van der Waals surface area (Å²) in [5.41, 5.74) is 0.656. The number of amides is 4. The molecule has 0 bridgehead atoms. The van der Waals surface area contributed by atoms with E-state index in [9.17, 15) is 19.2 Å². The first-order chi connectivity index (χ1) is 14.8. The average molecular weight is 597 g/mol. The normalized spacial score (nSPS) is 22.7. The number of hydrogen-bond acceptors (Lipinski definition) is 6. The molecule has 6 nitrogen and oxygen atoms in total. The zero-order valence-electron chi connectivity index (χ0n) is 15.6. The lowest BCUT2D eigenvalue weighted by Crippen LogP contribution is -2.26. The molecule has 0 N–H and O–H groups in total. The van der Waals surface area contributed by atoms with E-state index in [1.807, 2.05) is 12.2 Å². The van der Waals surface area contributed by atoms with Crippen LogP contribution in [0.1, 0.15) is 33.6 Å². The molecular formula is C18H12Cl6N2O4S2. The van der Waals surface area contributed by atoms with Gasteiger partial charge in [0.2, 0.25) is 11.8 Å². The summed E-state index contributed by atoms with van der Waals surface area (Å²) in [6.45, 7) is 0. The summed E-state index contributed by atoms with van der Waals surface area (Å²) in [5, 5.41) is 0. The van der Waals surface area contributed by atoms with E-state index in [1.165, 1.54) is 0 Å². The summed E-state index contributed by atoms with van der Waals surface area (Å²) in [5.74, 6) is -1.99. The highest BCUT2D eigenvalue weighted by atomic mass is 35.6. The first-order valence-electron chi connectivity index (χ1n) is 8.82. The van der Waals surface area contributed by atoms with E-state index in [0.29, 0.717) is 47.9 Å². The summed E-state index contributed by atoms with van der Waals surface area (Å²) in [6, 6.07) is 6.48. The van der Waals surface area contributed by atoms with Gasteiger partial charge in [0.25, 0.3) is 18.1 Å². The van der Waals surface area contributed by atoms with Crippen LogP contribution in [0.5, 0.6) is 0 Å². The molecule has 172 valence electrons. The third-order valence-electron chi connectivity index (χ3n) is 4.61. The van der Waals surface area contributed by atoms with Gasteiger partial charge in [0.05, 0.1) is 23.0 Å². The minimum atomic E-state index is -1.74. The van der Waals surface area contributed by atoms with Crippen LogP contribution in [-0.4, -0.2) is 38.5 Å². The fourth-order valence-electron chi connectivity index (χ4n) is 3.32. The minimum absolute atomic E-state index is 0.254. The second-order valence-electron chi connectivity index (χ2n) is 6.65. The molecule has 1 aromatic rings. The fourth-order valence-corrected chi connectivity index (χ4v) is 5.79. The Labute approximate surface area is 222 Å². The lowest BCUT2D eigenvalue weighted by molar-refractivity contribution is -0.133. The first kappa shape index (κ1) is 26.3. The molecule has 1 fully saturated rings. The molecular weight excluding hydrogens is 585 g/mol. The van der Waals surface area contributed by atoms with Crippen molar-refractivity contribution < 1.29 is 19.2 Å². The molecule has 2 unspecified atom stereocenters. The van der Waals surface area contributed by atoms with Gasteiger partial charge in [0, 0.05) is 23.9 Å². The number of carbonyl (C=O) groups is 4. The number of rotatable bonds is 2. The van der Waals surface area contributed by atoms with Crippen molar-refractivity contribution in [2.75, 3.05) is 0 Å². The summed E-state index contributed by atoms with van der Waals surface area (Å²) in [7, 11) is 0. The standard InChI is InChI=1S/C9H8Cl3NO2S.C9H4Cl3NO2S/c2*10-9(11,12)16-13-7(14)5-3-1-2-4-6(5)8(13)15/h1-2,5-6H,3-4H2;1-4H. The molecule has 4 rings (SSSR count). The molecule has 2 aliphatic heterocycles. The van der Waals surface area contributed by atoms with E-state index in [0.717, 1.165) is 8.61 Å². The average Bonchev–Trinajstić information content (AvgIpc) is 3.08. The summed E-state index contributed by atoms with van der Waals surface area (Å²) in [4.78, 5) is 47.4. The number of hydrogen-bond donors (Lipinski definition) is 0. The van der Waals surface area contributed by atoms with Gasteiger partial charge >= 0.3 is 0 Å². The Morgan fingerprint density at radius 2 is 1.06 bits per heavy atom. The second-order valence-corrected chi connectivity index (χ2v) is 14.9. The number of alkyl halides is 6. The molecule has 4 amide bonds. The topological polar surface area (TPSA) is 74.8 Å². The molecule has 2 heterocycles. The monoisotopic (exact) mass is 594 g/mol. The van der Waals surface area contributed by atoms with Gasteiger partial charge in [0.1, 0.15) is 0 Å². The predicted molar refractivity (Wildman–Crippen MR) is 130 cm³/mol. The number of allylic oxidation sites excluding steroid dienone is 2. The fraction of sp³-hybridized carbons (Fsp3) is 0.333. The van der Waals surface area contributed by atoms with E-state index < -0.39 is 18.1 Å². The third-order valence-corrected chi connectivity index (χ3v) is 7.33. The minimum Gasteiger partial charge on any atom is -0.273 e. The zero-order valence-corrected chi connectivity index (χ0v) is 21.8. The maximum Gasteiger partial charge on any atom is 0.271 e. The molecule has 1 saturated heterocycles. The van der Waals surface area contributed by atoms with E-state index in [2.05, 4.69) is 0 Å². The van der Waals surface area contributed by atoms with Crippen LogP contribution in [-0.2, 0) is 9.59 Å². The summed E-state index contributed by atoms with van der Waals surface area (Å²) >= 11 is 34.5. The van der Waals surface area contributed by atoms with Gasteiger partial charge < -0.3 is 0 Å². The van der Waals surface area contributed by atoms with Crippen LogP contribution in [0.4, 0.5) is 0 Å². The first-order valence-corrected chi connectivity index (χ1v) is 12.6. The SMILES string of the molecule is O=C1C2CC=CCC2C(=O)N1SC(Cl)(Cl)Cl.O=C1c2ccccc2C(=O)N1SC(Cl)(Cl)Cl. The van der Waals surface area contributed by atoms with Crippen LogP contribution in [0, 0.1) is 11.8 Å². The van der Waals surface area contributed by atoms with Crippen molar-refractivity contribution in [3.8, 4) is 0 Å². The maximum atomic E-state index is 11.9. The van der Waals surface area contributed by atoms with Gasteiger partial charge in [-0.2, -0.15) is 0 Å². The smallest absolute Gasteiger partial charge is 0.271 e.